The lowest BCUT2D eigenvalue weighted by Crippen LogP contribution is -2.38. The summed E-state index contributed by atoms with van der Waals surface area (Å²) in [6, 6.07) is 9.68. The first kappa shape index (κ1) is 15.8. The molecule has 1 N–H and O–H groups in total. The molecule has 0 saturated carbocycles. The molecule has 1 heterocycles. The zero-order chi connectivity index (χ0) is 15.2. The molecule has 3 nitrogen and oxygen atoms in total. The van der Waals surface area contributed by atoms with Gasteiger partial charge in [-0.2, -0.15) is 0 Å². The van der Waals surface area contributed by atoms with Gasteiger partial charge < -0.3 is 10.2 Å². The standard InChI is InChI=1S/C15H16ClFN2OS/c1-2-19(10-13-7-8-14(16)21-13)15(20)18-9-11-3-5-12(17)6-4-11/h3-8H,2,9-10H2,1H3,(H,18,20). The maximum atomic E-state index is 12.8. The van der Waals surface area contributed by atoms with Gasteiger partial charge in [-0.3, -0.25) is 0 Å². The van der Waals surface area contributed by atoms with Crippen LogP contribution in [0.15, 0.2) is 36.4 Å². The fourth-order valence-corrected chi connectivity index (χ4v) is 2.95. The molecule has 2 aromatic rings. The predicted octanol–water partition coefficient (Wildman–Crippen LogP) is 4.27. The first-order valence-corrected chi connectivity index (χ1v) is 7.79. The third-order valence-corrected chi connectivity index (χ3v) is 4.22. The quantitative estimate of drug-likeness (QED) is 0.874. The van der Waals surface area contributed by atoms with Gasteiger partial charge in [0, 0.05) is 18.0 Å². The van der Waals surface area contributed by atoms with Gasteiger partial charge in [-0.25, -0.2) is 9.18 Å². The summed E-state index contributed by atoms with van der Waals surface area (Å²) in [5.41, 5.74) is 0.861. The monoisotopic (exact) mass is 326 g/mol. The lowest BCUT2D eigenvalue weighted by atomic mass is 10.2. The normalized spacial score (nSPS) is 10.4. The van der Waals surface area contributed by atoms with Crippen molar-refractivity contribution in [2.45, 2.75) is 20.0 Å². The van der Waals surface area contributed by atoms with Gasteiger partial charge in [0.2, 0.25) is 0 Å². The Balaban J connectivity index is 1.89. The van der Waals surface area contributed by atoms with Crippen LogP contribution in [0, 0.1) is 5.82 Å². The summed E-state index contributed by atoms with van der Waals surface area (Å²) in [7, 11) is 0. The van der Waals surface area contributed by atoms with Gasteiger partial charge in [-0.1, -0.05) is 23.7 Å². The van der Waals surface area contributed by atoms with Crippen molar-refractivity contribution in [1.82, 2.24) is 10.2 Å². The smallest absolute Gasteiger partial charge is 0.317 e. The number of benzene rings is 1. The minimum absolute atomic E-state index is 0.147. The lowest BCUT2D eigenvalue weighted by Gasteiger charge is -2.20. The Bertz CT molecular complexity index is 600. The number of nitrogens with zero attached hydrogens (tertiary/aromatic N) is 1. The molecule has 0 saturated heterocycles. The minimum Gasteiger partial charge on any atom is -0.334 e. The van der Waals surface area contributed by atoms with Crippen LogP contribution >= 0.6 is 22.9 Å². The number of urea groups is 1. The number of hydrogen-bond acceptors (Lipinski definition) is 2. The van der Waals surface area contributed by atoms with Crippen molar-refractivity contribution in [3.8, 4) is 0 Å². The number of thiophene rings is 1. The second-order valence-corrected chi connectivity index (χ2v) is 6.30. The molecule has 0 spiro atoms. The second-order valence-electron chi connectivity index (χ2n) is 4.51. The van der Waals surface area contributed by atoms with Gasteiger partial charge >= 0.3 is 6.03 Å². The summed E-state index contributed by atoms with van der Waals surface area (Å²) >= 11 is 7.36. The van der Waals surface area contributed by atoms with Crippen LogP contribution in [-0.2, 0) is 13.1 Å². The number of rotatable bonds is 5. The highest BCUT2D eigenvalue weighted by molar-refractivity contribution is 7.16. The number of hydrogen-bond donors (Lipinski definition) is 1. The Labute approximate surface area is 132 Å². The van der Waals surface area contributed by atoms with Crippen LogP contribution in [0.5, 0.6) is 0 Å². The molecular weight excluding hydrogens is 311 g/mol. The Kier molecular flexibility index (Phi) is 5.59. The molecule has 0 radical (unpaired) electrons. The summed E-state index contributed by atoms with van der Waals surface area (Å²) in [5.74, 6) is -0.283. The summed E-state index contributed by atoms with van der Waals surface area (Å²) < 4.78 is 13.5. The van der Waals surface area contributed by atoms with E-state index in [0.29, 0.717) is 24.0 Å². The van der Waals surface area contributed by atoms with Gasteiger partial charge in [0.1, 0.15) is 5.82 Å². The number of carbonyl (C=O) groups is 1. The predicted molar refractivity (Wildman–Crippen MR) is 84.0 cm³/mol. The third kappa shape index (κ3) is 4.72. The van der Waals surface area contributed by atoms with Gasteiger partial charge in [0.25, 0.3) is 0 Å². The molecule has 112 valence electrons. The van der Waals surface area contributed by atoms with E-state index in [0.717, 1.165) is 10.4 Å². The summed E-state index contributed by atoms with van der Waals surface area (Å²) in [5, 5.41) is 2.83. The van der Waals surface area contributed by atoms with Crippen molar-refractivity contribution < 1.29 is 9.18 Å². The van der Waals surface area contributed by atoms with E-state index in [2.05, 4.69) is 5.32 Å². The highest BCUT2D eigenvalue weighted by Gasteiger charge is 2.12. The number of amides is 2. The van der Waals surface area contributed by atoms with Crippen LogP contribution in [-0.4, -0.2) is 17.5 Å². The van der Waals surface area contributed by atoms with Crippen LogP contribution in [0.3, 0.4) is 0 Å². The van der Waals surface area contributed by atoms with E-state index in [4.69, 9.17) is 11.6 Å². The SMILES string of the molecule is CCN(Cc1ccc(Cl)s1)C(=O)NCc1ccc(F)cc1. The molecule has 0 unspecified atom stereocenters. The Hall–Kier alpha value is -1.59. The van der Waals surface area contributed by atoms with E-state index in [9.17, 15) is 9.18 Å². The zero-order valence-corrected chi connectivity index (χ0v) is 13.2. The molecular formula is C15H16ClFN2OS. The first-order chi connectivity index (χ1) is 10.1. The molecule has 0 aliphatic carbocycles. The van der Waals surface area contributed by atoms with E-state index in [1.807, 2.05) is 19.1 Å². The van der Waals surface area contributed by atoms with E-state index in [1.165, 1.54) is 23.5 Å². The van der Waals surface area contributed by atoms with Crippen LogP contribution < -0.4 is 5.32 Å². The fraction of sp³-hybridized carbons (Fsp3) is 0.267. The third-order valence-electron chi connectivity index (χ3n) is 3.00. The molecule has 0 fully saturated rings. The van der Waals surface area contributed by atoms with E-state index < -0.39 is 0 Å². The van der Waals surface area contributed by atoms with Crippen molar-refractivity contribution in [1.29, 1.82) is 0 Å². The van der Waals surface area contributed by atoms with Gasteiger partial charge in [0.05, 0.1) is 10.9 Å². The van der Waals surface area contributed by atoms with Gasteiger partial charge in [0.15, 0.2) is 0 Å². The van der Waals surface area contributed by atoms with Crippen LogP contribution in [0.25, 0.3) is 0 Å². The zero-order valence-electron chi connectivity index (χ0n) is 11.6. The van der Waals surface area contributed by atoms with Crippen LogP contribution in [0.1, 0.15) is 17.4 Å². The van der Waals surface area contributed by atoms with Crippen molar-refractivity contribution in [3.05, 3.63) is 57.0 Å². The Morgan fingerprint density at radius 3 is 2.57 bits per heavy atom. The first-order valence-electron chi connectivity index (χ1n) is 6.60. The summed E-state index contributed by atoms with van der Waals surface area (Å²) in [6.45, 7) is 3.43. The lowest BCUT2D eigenvalue weighted by molar-refractivity contribution is 0.198. The molecule has 0 bridgehead atoms. The Morgan fingerprint density at radius 2 is 2.00 bits per heavy atom. The van der Waals surface area contributed by atoms with Crippen molar-refractivity contribution in [3.63, 3.8) is 0 Å². The highest BCUT2D eigenvalue weighted by atomic mass is 35.5. The number of carbonyl (C=O) groups excluding carboxylic acids is 1. The minimum atomic E-state index is -0.283. The number of nitrogens with one attached hydrogen (secondary N) is 1. The average Bonchev–Trinajstić information content (AvgIpc) is 2.89. The molecule has 0 aliphatic rings. The van der Waals surface area contributed by atoms with Crippen LogP contribution in [0.4, 0.5) is 9.18 Å². The van der Waals surface area contributed by atoms with Gasteiger partial charge in [-0.15, -0.1) is 11.3 Å². The second kappa shape index (κ2) is 7.43. The molecule has 0 atom stereocenters. The Morgan fingerprint density at radius 1 is 1.29 bits per heavy atom. The molecule has 1 aromatic heterocycles. The van der Waals surface area contributed by atoms with E-state index in [1.54, 1.807) is 17.0 Å². The van der Waals surface area contributed by atoms with Crippen LogP contribution in [0.2, 0.25) is 4.34 Å². The maximum Gasteiger partial charge on any atom is 0.317 e. The molecule has 2 amide bonds. The highest BCUT2D eigenvalue weighted by Crippen LogP contribution is 2.22. The van der Waals surface area contributed by atoms with Gasteiger partial charge in [-0.05, 0) is 36.8 Å². The molecule has 0 aliphatic heterocycles. The van der Waals surface area contributed by atoms with Crippen molar-refractivity contribution in [2.24, 2.45) is 0 Å². The largest absolute Gasteiger partial charge is 0.334 e. The maximum absolute atomic E-state index is 12.8. The van der Waals surface area contributed by atoms with Crippen molar-refractivity contribution >= 4 is 29.0 Å². The molecule has 6 heteroatoms. The van der Waals surface area contributed by atoms with E-state index >= 15 is 0 Å². The fourth-order valence-electron chi connectivity index (χ4n) is 1.84. The molecule has 2 rings (SSSR count). The number of halogens is 2. The average molecular weight is 327 g/mol. The topological polar surface area (TPSA) is 32.3 Å². The van der Waals surface area contributed by atoms with E-state index in [-0.39, 0.29) is 11.8 Å². The summed E-state index contributed by atoms with van der Waals surface area (Å²) in [4.78, 5) is 14.9. The van der Waals surface area contributed by atoms with Crippen molar-refractivity contribution in [2.75, 3.05) is 6.54 Å². The molecule has 1 aromatic carbocycles. The molecule has 21 heavy (non-hydrogen) atoms. The summed E-state index contributed by atoms with van der Waals surface area (Å²) in [6.07, 6.45) is 0.